The number of nitrogens with two attached hydrogens (primary N) is 1. The third-order valence-corrected chi connectivity index (χ3v) is 5.40. The van der Waals surface area contributed by atoms with Crippen molar-refractivity contribution in [3.05, 3.63) is 60.4 Å². The number of fused-ring (bicyclic) bond motifs is 1. The zero-order chi connectivity index (χ0) is 22.2. The Morgan fingerprint density at radius 2 is 1.78 bits per heavy atom. The molecule has 0 aliphatic carbocycles. The lowest BCUT2D eigenvalue weighted by atomic mass is 10.1. The number of benzene rings is 2. The van der Waals surface area contributed by atoms with Crippen molar-refractivity contribution in [3.63, 3.8) is 0 Å². The summed E-state index contributed by atoms with van der Waals surface area (Å²) in [6.07, 6.45) is 1.75. The van der Waals surface area contributed by atoms with E-state index in [2.05, 4.69) is 10.4 Å². The monoisotopic (exact) mass is 433 g/mol. The number of anilines is 2. The van der Waals surface area contributed by atoms with E-state index in [0.29, 0.717) is 28.6 Å². The van der Waals surface area contributed by atoms with Crippen LogP contribution in [0.25, 0.3) is 5.69 Å². The molecule has 3 heterocycles. The van der Waals surface area contributed by atoms with Gasteiger partial charge < -0.3 is 25.4 Å². The van der Waals surface area contributed by atoms with E-state index in [9.17, 15) is 14.4 Å². The van der Waals surface area contributed by atoms with E-state index in [1.165, 1.54) is 10.7 Å². The van der Waals surface area contributed by atoms with Gasteiger partial charge in [0.2, 0.25) is 18.6 Å². The Morgan fingerprint density at radius 3 is 2.53 bits per heavy atom. The number of carbonyl (C=O) groups excluding carboxylic acids is 3. The molecule has 32 heavy (non-hydrogen) atoms. The molecule has 2 aliphatic rings. The molecule has 1 fully saturated rings. The van der Waals surface area contributed by atoms with Gasteiger partial charge in [-0.15, -0.1) is 0 Å². The number of primary amides is 1. The molecule has 3 N–H and O–H groups in total. The zero-order valence-electron chi connectivity index (χ0n) is 16.9. The van der Waals surface area contributed by atoms with Crippen LogP contribution < -0.4 is 25.4 Å². The van der Waals surface area contributed by atoms with Crippen LogP contribution >= 0.6 is 0 Å². The molecule has 1 saturated heterocycles. The Balaban J connectivity index is 1.24. The van der Waals surface area contributed by atoms with Crippen molar-refractivity contribution in [3.8, 4) is 17.2 Å². The molecule has 10 nitrogen and oxygen atoms in total. The van der Waals surface area contributed by atoms with Crippen LogP contribution in [0.5, 0.6) is 11.5 Å². The number of nitrogens with one attached hydrogen (secondary N) is 1. The van der Waals surface area contributed by atoms with Crippen LogP contribution in [0.15, 0.2) is 54.7 Å². The fourth-order valence-corrected chi connectivity index (χ4v) is 3.73. The maximum atomic E-state index is 12.8. The van der Waals surface area contributed by atoms with Gasteiger partial charge in [-0.3, -0.25) is 14.4 Å². The number of ether oxygens (including phenoxy) is 2. The molecule has 1 unspecified atom stereocenters. The second-order valence-corrected chi connectivity index (χ2v) is 7.49. The molecule has 1 atom stereocenters. The lowest BCUT2D eigenvalue weighted by molar-refractivity contribution is -0.122. The van der Waals surface area contributed by atoms with Crippen LogP contribution in [0.1, 0.15) is 16.9 Å². The first-order valence-corrected chi connectivity index (χ1v) is 9.95. The first-order chi connectivity index (χ1) is 15.5. The maximum absolute atomic E-state index is 12.8. The Labute approximate surface area is 182 Å². The standard InChI is InChI=1S/C22H19N5O5/c23-21(29)17-7-8-27(25-17)15-3-1-14(2-4-15)24-22(30)13-9-20(28)26(11-13)16-5-6-18-19(10-16)32-12-31-18/h1-8,10,13H,9,11-12H2,(H2,23,29)(H,24,30). The minimum Gasteiger partial charge on any atom is -0.454 e. The van der Waals surface area contributed by atoms with E-state index in [4.69, 9.17) is 15.2 Å². The van der Waals surface area contributed by atoms with Crippen molar-refractivity contribution in [2.24, 2.45) is 11.7 Å². The SMILES string of the molecule is NC(=O)c1ccn(-c2ccc(NC(=O)C3CC(=O)N(c4ccc5c(c4)OCO5)C3)cc2)n1. The first-order valence-electron chi connectivity index (χ1n) is 9.95. The Hall–Kier alpha value is -4.34. The quantitative estimate of drug-likeness (QED) is 0.630. The second-order valence-electron chi connectivity index (χ2n) is 7.49. The highest BCUT2D eigenvalue weighted by molar-refractivity contribution is 6.03. The summed E-state index contributed by atoms with van der Waals surface area (Å²) in [4.78, 5) is 38.1. The molecule has 3 amide bonds. The van der Waals surface area contributed by atoms with Crippen molar-refractivity contribution in [1.82, 2.24) is 9.78 Å². The van der Waals surface area contributed by atoms with Crippen LogP contribution in [-0.4, -0.2) is 40.8 Å². The summed E-state index contributed by atoms with van der Waals surface area (Å²) in [7, 11) is 0. The summed E-state index contributed by atoms with van der Waals surface area (Å²) < 4.78 is 12.2. The number of rotatable bonds is 5. The van der Waals surface area contributed by atoms with Gasteiger partial charge in [-0.05, 0) is 42.5 Å². The highest BCUT2D eigenvalue weighted by Crippen LogP contribution is 2.37. The third-order valence-electron chi connectivity index (χ3n) is 5.40. The lowest BCUT2D eigenvalue weighted by Gasteiger charge is -2.17. The Bertz CT molecular complexity index is 1220. The van der Waals surface area contributed by atoms with Crippen molar-refractivity contribution in [2.75, 3.05) is 23.6 Å². The molecule has 3 aromatic rings. The first kappa shape index (κ1) is 19.6. The van der Waals surface area contributed by atoms with E-state index in [1.54, 1.807) is 53.6 Å². The molecular formula is C22H19N5O5. The van der Waals surface area contributed by atoms with Crippen molar-refractivity contribution < 1.29 is 23.9 Å². The molecule has 0 bridgehead atoms. The summed E-state index contributed by atoms with van der Waals surface area (Å²) in [5.41, 5.74) is 7.37. The van der Waals surface area contributed by atoms with Gasteiger partial charge in [-0.25, -0.2) is 4.68 Å². The minimum absolute atomic E-state index is 0.122. The molecule has 5 rings (SSSR count). The van der Waals surface area contributed by atoms with Crippen LogP contribution in [0.3, 0.4) is 0 Å². The van der Waals surface area contributed by atoms with E-state index in [1.807, 2.05) is 0 Å². The van der Waals surface area contributed by atoms with E-state index in [0.717, 1.165) is 0 Å². The largest absolute Gasteiger partial charge is 0.454 e. The van der Waals surface area contributed by atoms with E-state index in [-0.39, 0.29) is 37.3 Å². The van der Waals surface area contributed by atoms with E-state index >= 15 is 0 Å². The number of aromatic nitrogens is 2. The van der Waals surface area contributed by atoms with Crippen LogP contribution in [0.2, 0.25) is 0 Å². The number of nitrogens with zero attached hydrogens (tertiary/aromatic N) is 3. The Kier molecular flexibility index (Phi) is 4.74. The van der Waals surface area contributed by atoms with Crippen LogP contribution in [0, 0.1) is 5.92 Å². The molecule has 10 heteroatoms. The van der Waals surface area contributed by atoms with Gasteiger partial charge in [-0.1, -0.05) is 0 Å². The highest BCUT2D eigenvalue weighted by Gasteiger charge is 2.35. The maximum Gasteiger partial charge on any atom is 0.269 e. The fourth-order valence-electron chi connectivity index (χ4n) is 3.73. The normalized spacial score (nSPS) is 16.9. The van der Waals surface area contributed by atoms with Gasteiger partial charge >= 0.3 is 0 Å². The average molecular weight is 433 g/mol. The topological polar surface area (TPSA) is 129 Å². The molecule has 2 aliphatic heterocycles. The molecule has 2 aromatic carbocycles. The van der Waals surface area contributed by atoms with Crippen molar-refractivity contribution in [1.29, 1.82) is 0 Å². The van der Waals surface area contributed by atoms with Crippen LogP contribution in [-0.2, 0) is 9.59 Å². The van der Waals surface area contributed by atoms with Gasteiger partial charge in [0.05, 0.1) is 11.6 Å². The summed E-state index contributed by atoms with van der Waals surface area (Å²) >= 11 is 0. The van der Waals surface area contributed by atoms with Crippen molar-refractivity contribution >= 4 is 29.1 Å². The fraction of sp³-hybridized carbons (Fsp3) is 0.182. The van der Waals surface area contributed by atoms with Gasteiger partial charge in [0, 0.05) is 36.6 Å². The number of hydrogen-bond donors (Lipinski definition) is 2. The van der Waals surface area contributed by atoms with E-state index < -0.39 is 11.8 Å². The van der Waals surface area contributed by atoms with Crippen molar-refractivity contribution in [2.45, 2.75) is 6.42 Å². The number of amides is 3. The molecule has 1 aromatic heterocycles. The summed E-state index contributed by atoms with van der Waals surface area (Å²) in [5.74, 6) is -0.208. The smallest absolute Gasteiger partial charge is 0.269 e. The second kappa shape index (κ2) is 7.73. The zero-order valence-corrected chi connectivity index (χ0v) is 16.9. The van der Waals surface area contributed by atoms with Gasteiger partial charge in [0.1, 0.15) is 5.69 Å². The predicted octanol–water partition coefficient (Wildman–Crippen LogP) is 1.69. The minimum atomic E-state index is -0.603. The molecule has 0 spiro atoms. The van der Waals surface area contributed by atoms with Gasteiger partial charge in [-0.2, -0.15) is 5.10 Å². The summed E-state index contributed by atoms with van der Waals surface area (Å²) in [6.45, 7) is 0.439. The van der Waals surface area contributed by atoms with Gasteiger partial charge in [0.25, 0.3) is 5.91 Å². The lowest BCUT2D eigenvalue weighted by Crippen LogP contribution is -2.28. The summed E-state index contributed by atoms with van der Waals surface area (Å²) in [5, 5.41) is 6.95. The number of hydrogen-bond acceptors (Lipinski definition) is 6. The molecule has 162 valence electrons. The summed E-state index contributed by atoms with van der Waals surface area (Å²) in [6, 6.07) is 13.8. The molecule has 0 radical (unpaired) electrons. The number of carbonyl (C=O) groups is 3. The van der Waals surface area contributed by atoms with Crippen LogP contribution in [0.4, 0.5) is 11.4 Å². The van der Waals surface area contributed by atoms with Gasteiger partial charge in [0.15, 0.2) is 11.5 Å². The predicted molar refractivity (Wildman–Crippen MR) is 114 cm³/mol. The third kappa shape index (κ3) is 3.62. The highest BCUT2D eigenvalue weighted by atomic mass is 16.7. The molecular weight excluding hydrogens is 414 g/mol. The Morgan fingerprint density at radius 1 is 1.03 bits per heavy atom. The molecule has 0 saturated carbocycles. The average Bonchev–Trinajstić information content (AvgIpc) is 3.53.